The van der Waals surface area contributed by atoms with Crippen LogP contribution >= 0.6 is 15.9 Å². The minimum atomic E-state index is -0.536. The molecular formula is C7H9BrO2. The summed E-state index contributed by atoms with van der Waals surface area (Å²) in [5.74, 6) is -0.153. The van der Waals surface area contributed by atoms with Crippen LogP contribution in [-0.2, 0) is 0 Å². The Balaban J connectivity index is 2.67. The standard InChI is InChI=1S/C7H9BrO2/c8-6-1-2-7(10)5(3-6)4-9/h1-3,5,7,9-10H,4H2/t5-,7?/m1/s1. The average Bonchev–Trinajstić information content (AvgIpc) is 1.94. The van der Waals surface area contributed by atoms with Crippen LogP contribution in [0.1, 0.15) is 0 Å². The molecule has 0 bridgehead atoms. The van der Waals surface area contributed by atoms with Gasteiger partial charge in [-0.3, -0.25) is 0 Å². The summed E-state index contributed by atoms with van der Waals surface area (Å²) in [5, 5.41) is 17.9. The van der Waals surface area contributed by atoms with E-state index in [-0.39, 0.29) is 12.5 Å². The van der Waals surface area contributed by atoms with E-state index in [1.807, 2.05) is 0 Å². The lowest BCUT2D eigenvalue weighted by Crippen LogP contribution is -2.21. The van der Waals surface area contributed by atoms with Crippen LogP contribution < -0.4 is 0 Å². The normalized spacial score (nSPS) is 32.1. The summed E-state index contributed by atoms with van der Waals surface area (Å²) in [5.41, 5.74) is 0. The van der Waals surface area contributed by atoms with Crippen LogP contribution in [-0.4, -0.2) is 22.9 Å². The van der Waals surface area contributed by atoms with Crippen molar-refractivity contribution < 1.29 is 10.2 Å². The van der Waals surface area contributed by atoms with Gasteiger partial charge in [-0.1, -0.05) is 28.1 Å². The highest BCUT2D eigenvalue weighted by molar-refractivity contribution is 9.11. The molecule has 0 aromatic heterocycles. The van der Waals surface area contributed by atoms with E-state index in [1.165, 1.54) is 0 Å². The summed E-state index contributed by atoms with van der Waals surface area (Å²) >= 11 is 3.25. The lowest BCUT2D eigenvalue weighted by molar-refractivity contribution is 0.125. The van der Waals surface area contributed by atoms with E-state index in [4.69, 9.17) is 5.11 Å². The second kappa shape index (κ2) is 3.32. The molecule has 0 amide bonds. The van der Waals surface area contributed by atoms with Crippen molar-refractivity contribution in [3.63, 3.8) is 0 Å². The fraction of sp³-hybridized carbons (Fsp3) is 0.429. The molecule has 0 spiro atoms. The van der Waals surface area contributed by atoms with Gasteiger partial charge in [0.25, 0.3) is 0 Å². The predicted molar refractivity (Wildman–Crippen MR) is 42.7 cm³/mol. The van der Waals surface area contributed by atoms with Gasteiger partial charge < -0.3 is 10.2 Å². The zero-order valence-electron chi connectivity index (χ0n) is 5.37. The molecule has 2 N–H and O–H groups in total. The van der Waals surface area contributed by atoms with Gasteiger partial charge in [-0.2, -0.15) is 0 Å². The maximum atomic E-state index is 9.17. The number of allylic oxidation sites excluding steroid dienone is 2. The van der Waals surface area contributed by atoms with Gasteiger partial charge in [-0.15, -0.1) is 0 Å². The number of rotatable bonds is 1. The van der Waals surface area contributed by atoms with Crippen molar-refractivity contribution in [1.82, 2.24) is 0 Å². The molecule has 0 saturated carbocycles. The average molecular weight is 205 g/mol. The van der Waals surface area contributed by atoms with Crippen molar-refractivity contribution in [2.45, 2.75) is 6.10 Å². The van der Waals surface area contributed by atoms with Crippen LogP contribution in [0, 0.1) is 5.92 Å². The third kappa shape index (κ3) is 1.68. The fourth-order valence-corrected chi connectivity index (χ4v) is 1.34. The van der Waals surface area contributed by atoms with Crippen molar-refractivity contribution >= 4 is 15.9 Å². The molecule has 56 valence electrons. The van der Waals surface area contributed by atoms with E-state index in [0.717, 1.165) is 4.48 Å². The smallest absolute Gasteiger partial charge is 0.0809 e. The number of aliphatic hydroxyl groups is 2. The van der Waals surface area contributed by atoms with Gasteiger partial charge in [0.2, 0.25) is 0 Å². The van der Waals surface area contributed by atoms with E-state index < -0.39 is 6.10 Å². The predicted octanol–water partition coefficient (Wildman–Crippen LogP) is 0.804. The molecule has 0 saturated heterocycles. The molecule has 3 heteroatoms. The monoisotopic (exact) mass is 204 g/mol. The van der Waals surface area contributed by atoms with Crippen LogP contribution in [0.5, 0.6) is 0 Å². The zero-order valence-corrected chi connectivity index (χ0v) is 6.95. The minimum absolute atomic E-state index is 0.0133. The largest absolute Gasteiger partial charge is 0.396 e. The van der Waals surface area contributed by atoms with Gasteiger partial charge in [-0.25, -0.2) is 0 Å². The van der Waals surface area contributed by atoms with Crippen molar-refractivity contribution in [2.75, 3.05) is 6.61 Å². The van der Waals surface area contributed by atoms with Crippen LogP contribution in [0.2, 0.25) is 0 Å². The van der Waals surface area contributed by atoms with Crippen LogP contribution in [0.25, 0.3) is 0 Å². The Hall–Kier alpha value is -0.120. The molecule has 1 unspecified atom stereocenters. The van der Waals surface area contributed by atoms with Gasteiger partial charge >= 0.3 is 0 Å². The first-order valence-corrected chi connectivity index (χ1v) is 3.88. The third-order valence-corrected chi connectivity index (χ3v) is 2.00. The van der Waals surface area contributed by atoms with Crippen LogP contribution in [0.15, 0.2) is 22.7 Å². The lowest BCUT2D eigenvalue weighted by atomic mass is 9.99. The molecule has 0 radical (unpaired) electrons. The summed E-state index contributed by atoms with van der Waals surface area (Å²) < 4.78 is 0.914. The van der Waals surface area contributed by atoms with E-state index in [2.05, 4.69) is 15.9 Å². The van der Waals surface area contributed by atoms with E-state index in [9.17, 15) is 5.11 Å². The fourth-order valence-electron chi connectivity index (χ4n) is 0.853. The molecule has 1 aliphatic carbocycles. The molecule has 2 nitrogen and oxygen atoms in total. The van der Waals surface area contributed by atoms with Crippen LogP contribution in [0.4, 0.5) is 0 Å². The number of hydrogen-bond donors (Lipinski definition) is 2. The maximum absolute atomic E-state index is 9.17. The van der Waals surface area contributed by atoms with Gasteiger partial charge in [0.15, 0.2) is 0 Å². The highest BCUT2D eigenvalue weighted by Gasteiger charge is 2.16. The molecule has 2 atom stereocenters. The molecule has 1 rings (SSSR count). The van der Waals surface area contributed by atoms with Gasteiger partial charge in [0.1, 0.15) is 0 Å². The first-order valence-electron chi connectivity index (χ1n) is 3.08. The first-order chi connectivity index (χ1) is 4.74. The molecule has 0 heterocycles. The molecule has 1 aliphatic rings. The lowest BCUT2D eigenvalue weighted by Gasteiger charge is -2.17. The Kier molecular flexibility index (Phi) is 2.65. The number of hydrogen-bond acceptors (Lipinski definition) is 2. The summed E-state index contributed by atoms with van der Waals surface area (Å²) in [6.45, 7) is -0.0133. The summed E-state index contributed by atoms with van der Waals surface area (Å²) in [4.78, 5) is 0. The van der Waals surface area contributed by atoms with E-state index in [0.29, 0.717) is 0 Å². The van der Waals surface area contributed by atoms with Gasteiger partial charge in [-0.05, 0) is 6.08 Å². The highest BCUT2D eigenvalue weighted by atomic mass is 79.9. The zero-order chi connectivity index (χ0) is 7.56. The topological polar surface area (TPSA) is 40.5 Å². The van der Waals surface area contributed by atoms with E-state index in [1.54, 1.807) is 18.2 Å². The second-order valence-electron chi connectivity index (χ2n) is 2.25. The Morgan fingerprint density at radius 2 is 2.30 bits per heavy atom. The van der Waals surface area contributed by atoms with Crippen molar-refractivity contribution in [3.05, 3.63) is 22.7 Å². The van der Waals surface area contributed by atoms with Crippen molar-refractivity contribution in [2.24, 2.45) is 5.92 Å². The Labute approximate surface area is 68.0 Å². The summed E-state index contributed by atoms with van der Waals surface area (Å²) in [6, 6.07) is 0. The Morgan fingerprint density at radius 3 is 2.80 bits per heavy atom. The quantitative estimate of drug-likeness (QED) is 0.664. The Bertz CT molecular complexity index is 174. The third-order valence-electron chi connectivity index (χ3n) is 1.48. The molecule has 10 heavy (non-hydrogen) atoms. The highest BCUT2D eigenvalue weighted by Crippen LogP contribution is 2.20. The minimum Gasteiger partial charge on any atom is -0.396 e. The number of halogens is 1. The molecule has 0 aromatic rings. The Morgan fingerprint density at radius 1 is 1.60 bits per heavy atom. The molecular weight excluding hydrogens is 196 g/mol. The summed E-state index contributed by atoms with van der Waals surface area (Å²) in [6.07, 6.45) is 4.69. The van der Waals surface area contributed by atoms with Gasteiger partial charge in [0.05, 0.1) is 12.7 Å². The number of aliphatic hydroxyl groups excluding tert-OH is 2. The van der Waals surface area contributed by atoms with Crippen molar-refractivity contribution in [1.29, 1.82) is 0 Å². The summed E-state index contributed by atoms with van der Waals surface area (Å²) in [7, 11) is 0. The second-order valence-corrected chi connectivity index (χ2v) is 3.16. The molecule has 0 fully saturated rings. The first kappa shape index (κ1) is 7.98. The van der Waals surface area contributed by atoms with Crippen LogP contribution in [0.3, 0.4) is 0 Å². The van der Waals surface area contributed by atoms with Gasteiger partial charge in [0, 0.05) is 10.4 Å². The van der Waals surface area contributed by atoms with E-state index >= 15 is 0 Å². The molecule has 0 aromatic carbocycles. The van der Waals surface area contributed by atoms with Crippen molar-refractivity contribution in [3.8, 4) is 0 Å². The SMILES string of the molecule is OC[C@H]1C=C(Br)C=CC1O. The maximum Gasteiger partial charge on any atom is 0.0809 e. The molecule has 0 aliphatic heterocycles.